The van der Waals surface area contributed by atoms with Crippen LogP contribution in [0.4, 0.5) is 0 Å². The number of hydrogen-bond donors (Lipinski definition) is 0. The number of allylic oxidation sites excluding steroid dienone is 4. The van der Waals surface area contributed by atoms with Crippen LogP contribution in [0.2, 0.25) is 0 Å². The third-order valence-corrected chi connectivity index (χ3v) is 3.19. The third kappa shape index (κ3) is 15.5. The van der Waals surface area contributed by atoms with Gasteiger partial charge in [0, 0.05) is 6.42 Å². The van der Waals surface area contributed by atoms with Gasteiger partial charge in [0.15, 0.2) is 0 Å². The van der Waals surface area contributed by atoms with E-state index in [4.69, 9.17) is 0 Å². The molecule has 0 aliphatic heterocycles. The van der Waals surface area contributed by atoms with Crippen LogP contribution in [-0.4, -0.2) is 0 Å². The van der Waals surface area contributed by atoms with Crippen LogP contribution in [0.1, 0.15) is 84.5 Å². The zero-order chi connectivity index (χ0) is 13.3. The van der Waals surface area contributed by atoms with E-state index in [0.29, 0.717) is 0 Å². The Balaban J connectivity index is 3.14. The topological polar surface area (TPSA) is 0 Å². The van der Waals surface area contributed by atoms with E-state index in [0.717, 1.165) is 0 Å². The second-order valence-corrected chi connectivity index (χ2v) is 5.10. The van der Waals surface area contributed by atoms with Crippen LogP contribution in [0.5, 0.6) is 0 Å². The van der Waals surface area contributed by atoms with Gasteiger partial charge in [0.05, 0.1) is 0 Å². The van der Waals surface area contributed by atoms with Crippen LogP contribution in [0.3, 0.4) is 0 Å². The van der Waals surface area contributed by atoms with E-state index in [2.05, 4.69) is 44.6 Å². The zero-order valence-electron chi connectivity index (χ0n) is 12.7. The summed E-state index contributed by atoms with van der Waals surface area (Å²) >= 11 is 0. The van der Waals surface area contributed by atoms with Gasteiger partial charge in [-0.2, -0.15) is 0 Å². The van der Waals surface area contributed by atoms with Crippen LogP contribution < -0.4 is 0 Å². The normalized spacial score (nSPS) is 11.9. The Labute approximate surface area is 116 Å². The minimum absolute atomic E-state index is 1.24. The molecule has 0 saturated heterocycles. The molecular formula is C18H33. The standard InChI is InChI=1S/C18H33/c1-3-5-7-9-11-13-15-17-18-16-14-12-10-8-6-4-2/h13,15-18H,3-12,14H2,1-2H3. The Morgan fingerprint density at radius 1 is 0.556 bits per heavy atom. The minimum atomic E-state index is 1.24. The fraction of sp³-hybridized carbons (Fsp3) is 0.722. The van der Waals surface area contributed by atoms with Gasteiger partial charge in [0.1, 0.15) is 0 Å². The molecular weight excluding hydrogens is 216 g/mol. The van der Waals surface area contributed by atoms with Crippen molar-refractivity contribution in [3.63, 3.8) is 0 Å². The highest BCUT2D eigenvalue weighted by Crippen LogP contribution is 2.06. The second-order valence-electron chi connectivity index (χ2n) is 5.10. The van der Waals surface area contributed by atoms with Gasteiger partial charge in [-0.1, -0.05) is 83.1 Å². The molecule has 0 unspecified atom stereocenters. The Kier molecular flexibility index (Phi) is 16.0. The molecule has 0 nitrogen and oxygen atoms in total. The summed E-state index contributed by atoms with van der Waals surface area (Å²) in [6, 6.07) is 0. The SMILES string of the molecule is CCCCCCC=C[CH]C=CCCCCCCC. The van der Waals surface area contributed by atoms with E-state index >= 15 is 0 Å². The summed E-state index contributed by atoms with van der Waals surface area (Å²) in [6.07, 6.45) is 26.0. The summed E-state index contributed by atoms with van der Waals surface area (Å²) in [4.78, 5) is 0. The molecule has 0 saturated carbocycles. The molecule has 0 N–H and O–H groups in total. The minimum Gasteiger partial charge on any atom is -0.0879 e. The van der Waals surface area contributed by atoms with Crippen LogP contribution in [-0.2, 0) is 0 Å². The van der Waals surface area contributed by atoms with E-state index in [1.165, 1.54) is 70.6 Å². The first kappa shape index (κ1) is 17.5. The first-order chi connectivity index (χ1) is 8.91. The van der Waals surface area contributed by atoms with Gasteiger partial charge in [0.2, 0.25) is 0 Å². The lowest BCUT2D eigenvalue weighted by atomic mass is 10.1. The highest BCUT2D eigenvalue weighted by molar-refractivity contribution is 5.08. The Morgan fingerprint density at radius 2 is 1.00 bits per heavy atom. The Hall–Kier alpha value is -0.520. The smallest absolute Gasteiger partial charge is 0.00441 e. The van der Waals surface area contributed by atoms with Gasteiger partial charge >= 0.3 is 0 Å². The van der Waals surface area contributed by atoms with Crippen LogP contribution >= 0.6 is 0 Å². The van der Waals surface area contributed by atoms with Gasteiger partial charge in [-0.05, 0) is 25.7 Å². The molecule has 1 radical (unpaired) electrons. The number of unbranched alkanes of at least 4 members (excludes halogenated alkanes) is 9. The van der Waals surface area contributed by atoms with Crippen molar-refractivity contribution in [1.82, 2.24) is 0 Å². The fourth-order valence-corrected chi connectivity index (χ4v) is 1.97. The van der Waals surface area contributed by atoms with Crippen molar-refractivity contribution in [2.45, 2.75) is 84.5 Å². The Morgan fingerprint density at radius 3 is 1.50 bits per heavy atom. The van der Waals surface area contributed by atoms with Crippen molar-refractivity contribution in [3.05, 3.63) is 30.7 Å². The van der Waals surface area contributed by atoms with Crippen molar-refractivity contribution in [1.29, 1.82) is 0 Å². The van der Waals surface area contributed by atoms with Crippen molar-refractivity contribution >= 4 is 0 Å². The van der Waals surface area contributed by atoms with Crippen molar-refractivity contribution in [2.24, 2.45) is 0 Å². The molecule has 0 amide bonds. The highest BCUT2D eigenvalue weighted by Gasteiger charge is 1.86. The summed E-state index contributed by atoms with van der Waals surface area (Å²) in [6.45, 7) is 4.53. The molecule has 0 bridgehead atoms. The predicted octanol–water partition coefficient (Wildman–Crippen LogP) is 6.63. The van der Waals surface area contributed by atoms with Crippen molar-refractivity contribution in [2.75, 3.05) is 0 Å². The lowest BCUT2D eigenvalue weighted by Crippen LogP contribution is -1.76. The highest BCUT2D eigenvalue weighted by atomic mass is 13.9. The molecule has 105 valence electrons. The summed E-state index contributed by atoms with van der Waals surface area (Å²) < 4.78 is 0. The lowest BCUT2D eigenvalue weighted by molar-refractivity contribution is 0.637. The lowest BCUT2D eigenvalue weighted by Gasteiger charge is -1.95. The molecule has 0 spiro atoms. The van der Waals surface area contributed by atoms with Gasteiger partial charge in [-0.15, -0.1) is 0 Å². The van der Waals surface area contributed by atoms with E-state index in [1.54, 1.807) is 0 Å². The van der Waals surface area contributed by atoms with Gasteiger partial charge in [0.25, 0.3) is 0 Å². The maximum Gasteiger partial charge on any atom is 0.00441 e. The van der Waals surface area contributed by atoms with E-state index in [1.807, 2.05) is 0 Å². The quantitative estimate of drug-likeness (QED) is 0.321. The second kappa shape index (κ2) is 16.5. The van der Waals surface area contributed by atoms with Crippen LogP contribution in [0.15, 0.2) is 24.3 Å². The molecule has 0 aromatic heterocycles. The molecule has 0 aliphatic rings. The maximum atomic E-state index is 2.30. The summed E-state index contributed by atoms with van der Waals surface area (Å²) in [5.41, 5.74) is 0. The van der Waals surface area contributed by atoms with E-state index in [9.17, 15) is 0 Å². The van der Waals surface area contributed by atoms with Crippen LogP contribution in [0, 0.1) is 6.42 Å². The molecule has 0 fully saturated rings. The monoisotopic (exact) mass is 249 g/mol. The van der Waals surface area contributed by atoms with E-state index in [-0.39, 0.29) is 0 Å². The van der Waals surface area contributed by atoms with Gasteiger partial charge < -0.3 is 0 Å². The van der Waals surface area contributed by atoms with Crippen molar-refractivity contribution < 1.29 is 0 Å². The average Bonchev–Trinajstić information content (AvgIpc) is 2.39. The molecule has 0 aliphatic carbocycles. The average molecular weight is 249 g/mol. The molecule has 0 aromatic carbocycles. The maximum absolute atomic E-state index is 2.30. The molecule has 0 heteroatoms. The molecule has 0 heterocycles. The molecule has 0 atom stereocenters. The summed E-state index contributed by atoms with van der Waals surface area (Å²) in [5.74, 6) is 0. The predicted molar refractivity (Wildman–Crippen MR) is 84.7 cm³/mol. The molecule has 0 rings (SSSR count). The van der Waals surface area contributed by atoms with Gasteiger partial charge in [-0.3, -0.25) is 0 Å². The number of hydrogen-bond acceptors (Lipinski definition) is 0. The van der Waals surface area contributed by atoms with E-state index < -0.39 is 0 Å². The zero-order valence-corrected chi connectivity index (χ0v) is 12.7. The third-order valence-electron chi connectivity index (χ3n) is 3.19. The molecule has 0 aromatic rings. The Bertz CT molecular complexity index is 188. The summed E-state index contributed by atoms with van der Waals surface area (Å²) in [5, 5.41) is 0. The van der Waals surface area contributed by atoms with Gasteiger partial charge in [-0.25, -0.2) is 0 Å². The first-order valence-electron chi connectivity index (χ1n) is 8.06. The summed E-state index contributed by atoms with van der Waals surface area (Å²) in [7, 11) is 0. The largest absolute Gasteiger partial charge is 0.0879 e. The fourth-order valence-electron chi connectivity index (χ4n) is 1.97. The van der Waals surface area contributed by atoms with Crippen LogP contribution in [0.25, 0.3) is 0 Å². The molecule has 18 heavy (non-hydrogen) atoms. The van der Waals surface area contributed by atoms with Crippen molar-refractivity contribution in [3.8, 4) is 0 Å². The number of rotatable bonds is 13. The first-order valence-corrected chi connectivity index (χ1v) is 8.06.